The second-order valence-electron chi connectivity index (χ2n) is 7.22. The van der Waals surface area contributed by atoms with Crippen molar-refractivity contribution < 1.29 is 4.79 Å². The molecule has 1 atom stereocenters. The molecule has 2 aromatic rings. The summed E-state index contributed by atoms with van der Waals surface area (Å²) in [4.78, 5) is 31.7. The van der Waals surface area contributed by atoms with E-state index in [0.29, 0.717) is 22.6 Å². The van der Waals surface area contributed by atoms with Crippen molar-refractivity contribution in [2.75, 3.05) is 14.1 Å². The van der Waals surface area contributed by atoms with Crippen LogP contribution in [0.2, 0.25) is 0 Å². The van der Waals surface area contributed by atoms with Crippen LogP contribution in [-0.4, -0.2) is 39.7 Å². The van der Waals surface area contributed by atoms with Crippen molar-refractivity contribution in [1.29, 1.82) is 0 Å². The van der Waals surface area contributed by atoms with Gasteiger partial charge in [-0.2, -0.15) is 0 Å². The highest BCUT2D eigenvalue weighted by molar-refractivity contribution is 8.00. The number of carbonyl (C=O) groups excluding carboxylic acids is 1. The van der Waals surface area contributed by atoms with Gasteiger partial charge in [-0.25, -0.2) is 4.98 Å². The number of para-hydroxylation sites is 1. The highest BCUT2D eigenvalue weighted by Crippen LogP contribution is 2.25. The lowest BCUT2D eigenvalue weighted by Crippen LogP contribution is -2.31. The molecule has 144 valence electrons. The van der Waals surface area contributed by atoms with Gasteiger partial charge in [-0.05, 0) is 51.2 Å². The van der Waals surface area contributed by atoms with Crippen molar-refractivity contribution in [3.63, 3.8) is 0 Å². The van der Waals surface area contributed by atoms with E-state index in [2.05, 4.69) is 6.08 Å². The first-order valence-electron chi connectivity index (χ1n) is 9.52. The van der Waals surface area contributed by atoms with Crippen LogP contribution < -0.4 is 5.56 Å². The lowest BCUT2D eigenvalue weighted by atomic mass is 9.97. The van der Waals surface area contributed by atoms with Gasteiger partial charge < -0.3 is 4.90 Å². The van der Waals surface area contributed by atoms with Crippen molar-refractivity contribution >= 4 is 28.6 Å². The molecule has 1 aliphatic carbocycles. The Morgan fingerprint density at radius 3 is 2.78 bits per heavy atom. The van der Waals surface area contributed by atoms with Gasteiger partial charge in [0.15, 0.2) is 5.16 Å². The molecule has 1 unspecified atom stereocenters. The van der Waals surface area contributed by atoms with Crippen LogP contribution in [0, 0.1) is 0 Å². The molecule has 0 saturated carbocycles. The molecule has 0 radical (unpaired) electrons. The molecule has 5 nitrogen and oxygen atoms in total. The Morgan fingerprint density at radius 2 is 2.07 bits per heavy atom. The third-order valence-electron chi connectivity index (χ3n) is 4.94. The van der Waals surface area contributed by atoms with Gasteiger partial charge in [0.05, 0.1) is 16.2 Å². The van der Waals surface area contributed by atoms with Crippen molar-refractivity contribution in [2.45, 2.75) is 56.0 Å². The highest BCUT2D eigenvalue weighted by Gasteiger charge is 2.20. The molecule has 0 saturated heterocycles. The Kier molecular flexibility index (Phi) is 6.37. The Morgan fingerprint density at radius 1 is 1.30 bits per heavy atom. The average Bonchev–Trinajstić information content (AvgIpc) is 2.67. The summed E-state index contributed by atoms with van der Waals surface area (Å²) in [6, 6.07) is 7.43. The number of amides is 1. The highest BCUT2D eigenvalue weighted by atomic mass is 32.2. The Bertz CT molecular complexity index is 917. The van der Waals surface area contributed by atoms with Crippen LogP contribution in [-0.2, 0) is 11.3 Å². The van der Waals surface area contributed by atoms with Crippen molar-refractivity contribution in [1.82, 2.24) is 14.5 Å². The van der Waals surface area contributed by atoms with Gasteiger partial charge in [0.2, 0.25) is 5.91 Å². The van der Waals surface area contributed by atoms with Crippen LogP contribution in [0.5, 0.6) is 0 Å². The lowest BCUT2D eigenvalue weighted by molar-refractivity contribution is -0.127. The van der Waals surface area contributed by atoms with E-state index in [1.807, 2.05) is 31.2 Å². The standard InChI is InChI=1S/C21H27N3O2S/c1-15(19(25)23(2)3)27-21-22-18-12-8-7-11-17(18)20(26)24(21)14-13-16-9-5-4-6-10-16/h7-9,11-12,15H,4-6,10,13-14H2,1-3H3. The van der Waals surface area contributed by atoms with Gasteiger partial charge in [0, 0.05) is 20.6 Å². The molecule has 0 bridgehead atoms. The summed E-state index contributed by atoms with van der Waals surface area (Å²) in [6.45, 7) is 2.47. The van der Waals surface area contributed by atoms with Gasteiger partial charge in [0.25, 0.3) is 5.56 Å². The number of thioether (sulfide) groups is 1. The van der Waals surface area contributed by atoms with Crippen LogP contribution in [0.25, 0.3) is 10.9 Å². The van der Waals surface area contributed by atoms with E-state index >= 15 is 0 Å². The molecule has 1 amide bonds. The molecule has 1 heterocycles. The lowest BCUT2D eigenvalue weighted by Gasteiger charge is -2.19. The zero-order chi connectivity index (χ0) is 19.4. The predicted molar refractivity (Wildman–Crippen MR) is 111 cm³/mol. The number of hydrogen-bond acceptors (Lipinski definition) is 4. The number of aromatic nitrogens is 2. The summed E-state index contributed by atoms with van der Waals surface area (Å²) in [7, 11) is 3.49. The third kappa shape index (κ3) is 4.61. The number of hydrogen-bond donors (Lipinski definition) is 0. The summed E-state index contributed by atoms with van der Waals surface area (Å²) < 4.78 is 1.75. The van der Waals surface area contributed by atoms with Crippen LogP contribution in [0.4, 0.5) is 0 Å². The minimum absolute atomic E-state index is 0.0175. The summed E-state index contributed by atoms with van der Waals surface area (Å²) in [5.74, 6) is 0.0175. The molecule has 1 aromatic carbocycles. The molecular formula is C21H27N3O2S. The van der Waals surface area contributed by atoms with E-state index in [1.54, 1.807) is 23.6 Å². The molecule has 0 aliphatic heterocycles. The van der Waals surface area contributed by atoms with Gasteiger partial charge in [-0.1, -0.05) is 35.5 Å². The predicted octanol–water partition coefficient (Wildman–Crippen LogP) is 3.86. The topological polar surface area (TPSA) is 55.2 Å². The van der Waals surface area contributed by atoms with Crippen molar-refractivity contribution in [2.24, 2.45) is 0 Å². The van der Waals surface area contributed by atoms with E-state index in [9.17, 15) is 9.59 Å². The smallest absolute Gasteiger partial charge is 0.262 e. The first-order valence-corrected chi connectivity index (χ1v) is 10.4. The fraction of sp³-hybridized carbons (Fsp3) is 0.476. The average molecular weight is 386 g/mol. The maximum Gasteiger partial charge on any atom is 0.262 e. The molecule has 1 aromatic heterocycles. The quantitative estimate of drug-likeness (QED) is 0.430. The minimum Gasteiger partial charge on any atom is -0.348 e. The molecule has 6 heteroatoms. The first-order chi connectivity index (χ1) is 13.0. The minimum atomic E-state index is -0.298. The van der Waals surface area contributed by atoms with Crippen molar-refractivity contribution in [3.8, 4) is 0 Å². The maximum absolute atomic E-state index is 13.1. The zero-order valence-electron chi connectivity index (χ0n) is 16.3. The molecule has 0 fully saturated rings. The molecule has 0 N–H and O–H groups in total. The first kappa shape index (κ1) is 19.7. The normalized spacial score (nSPS) is 15.4. The second kappa shape index (κ2) is 8.74. The maximum atomic E-state index is 13.1. The summed E-state index contributed by atoms with van der Waals surface area (Å²) in [5, 5.41) is 0.956. The molecular weight excluding hydrogens is 358 g/mol. The largest absolute Gasteiger partial charge is 0.348 e. The number of benzene rings is 1. The molecule has 3 rings (SSSR count). The van der Waals surface area contributed by atoms with Crippen LogP contribution in [0.1, 0.15) is 39.0 Å². The number of allylic oxidation sites excluding steroid dienone is 2. The van der Waals surface area contributed by atoms with E-state index in [-0.39, 0.29) is 16.7 Å². The Hall–Kier alpha value is -2.08. The van der Waals surface area contributed by atoms with E-state index in [4.69, 9.17) is 4.98 Å². The number of nitrogens with zero attached hydrogens (tertiary/aromatic N) is 3. The summed E-state index contributed by atoms with van der Waals surface area (Å²) >= 11 is 1.36. The van der Waals surface area contributed by atoms with Crippen LogP contribution >= 0.6 is 11.8 Å². The van der Waals surface area contributed by atoms with Gasteiger partial charge >= 0.3 is 0 Å². The fourth-order valence-electron chi connectivity index (χ4n) is 3.39. The SMILES string of the molecule is CC(Sc1nc2ccccc2c(=O)n1CCC1=CCCCC1)C(=O)N(C)C. The summed E-state index contributed by atoms with van der Waals surface area (Å²) in [6.07, 6.45) is 7.92. The van der Waals surface area contributed by atoms with E-state index in [0.717, 1.165) is 19.3 Å². The van der Waals surface area contributed by atoms with Crippen molar-refractivity contribution in [3.05, 3.63) is 46.3 Å². The monoisotopic (exact) mass is 385 g/mol. The Balaban J connectivity index is 1.95. The number of fused-ring (bicyclic) bond motifs is 1. The molecule has 27 heavy (non-hydrogen) atoms. The van der Waals surface area contributed by atoms with Crippen LogP contribution in [0.15, 0.2) is 45.9 Å². The van der Waals surface area contributed by atoms with E-state index < -0.39 is 0 Å². The molecule has 0 spiro atoms. The van der Waals surface area contributed by atoms with E-state index in [1.165, 1.54) is 30.2 Å². The number of rotatable bonds is 6. The van der Waals surface area contributed by atoms with Gasteiger partial charge in [-0.3, -0.25) is 14.2 Å². The summed E-state index contributed by atoms with van der Waals surface area (Å²) in [5.41, 5.74) is 2.08. The zero-order valence-corrected chi connectivity index (χ0v) is 17.1. The van der Waals surface area contributed by atoms with Crippen LogP contribution in [0.3, 0.4) is 0 Å². The molecule has 1 aliphatic rings. The third-order valence-corrected chi connectivity index (χ3v) is 6.02. The number of carbonyl (C=O) groups is 1. The van der Waals surface area contributed by atoms with Gasteiger partial charge in [-0.15, -0.1) is 0 Å². The Labute approximate surface area is 164 Å². The second-order valence-corrected chi connectivity index (χ2v) is 8.53. The van der Waals surface area contributed by atoms with Gasteiger partial charge in [0.1, 0.15) is 0 Å². The fourth-order valence-corrected chi connectivity index (χ4v) is 4.47.